The summed E-state index contributed by atoms with van der Waals surface area (Å²) in [6.07, 6.45) is 12.2. The highest BCUT2D eigenvalue weighted by Crippen LogP contribution is 2.23. The molecule has 0 atom stereocenters. The van der Waals surface area contributed by atoms with Crippen molar-refractivity contribution in [3.63, 3.8) is 0 Å². The zero-order valence-corrected chi connectivity index (χ0v) is 22.4. The second-order valence-electron chi connectivity index (χ2n) is 7.94. The topological polar surface area (TPSA) is 186 Å². The van der Waals surface area contributed by atoms with Gasteiger partial charge in [0, 0.05) is 61.6 Å². The van der Waals surface area contributed by atoms with Crippen LogP contribution in [0.25, 0.3) is 22.6 Å². The molecule has 6 aromatic heterocycles. The first-order valence-corrected chi connectivity index (χ1v) is 12.4. The molecule has 6 rings (SSSR count). The van der Waals surface area contributed by atoms with Gasteiger partial charge in [0.15, 0.2) is 5.58 Å². The van der Waals surface area contributed by atoms with Crippen LogP contribution in [0.5, 0.6) is 0 Å². The minimum atomic E-state index is -0.411. The largest absolute Gasteiger partial charge is 0.436 e. The fourth-order valence-electron chi connectivity index (χ4n) is 3.05. The molecular formula is C27H20Cl2N8O4. The molecule has 6 heterocycles. The van der Waals surface area contributed by atoms with Crippen molar-refractivity contribution in [1.82, 2.24) is 29.9 Å². The molecule has 0 saturated carbocycles. The zero-order valence-electron chi connectivity index (χ0n) is 20.9. The summed E-state index contributed by atoms with van der Waals surface area (Å²) in [7, 11) is 0. The van der Waals surface area contributed by atoms with E-state index < -0.39 is 5.91 Å². The van der Waals surface area contributed by atoms with Crippen LogP contribution in [0, 0.1) is 0 Å². The molecule has 12 nitrogen and oxygen atoms in total. The molecule has 0 spiro atoms. The molecule has 0 bridgehead atoms. The summed E-state index contributed by atoms with van der Waals surface area (Å²) < 4.78 is 5.56. The first-order valence-electron chi connectivity index (χ1n) is 11.6. The first kappa shape index (κ1) is 28.7. The second kappa shape index (κ2) is 13.6. The fourth-order valence-corrected chi connectivity index (χ4v) is 3.28. The highest BCUT2D eigenvalue weighted by molar-refractivity contribution is 6.29. The average Bonchev–Trinajstić information content (AvgIpc) is 3.42. The number of aromatic amines is 2. The van der Waals surface area contributed by atoms with Crippen LogP contribution in [0.15, 0.2) is 106 Å². The molecule has 0 aliphatic heterocycles. The number of anilines is 2. The third-order valence-electron chi connectivity index (χ3n) is 5.08. The van der Waals surface area contributed by atoms with Crippen molar-refractivity contribution in [2.45, 2.75) is 0 Å². The number of H-pyrrole nitrogens is 2. The Balaban J connectivity index is 0.000000151. The van der Waals surface area contributed by atoms with E-state index in [1.165, 1.54) is 49.1 Å². The number of nitrogens with zero attached hydrogens (tertiary/aromatic N) is 4. The number of amides is 1. The van der Waals surface area contributed by atoms with Crippen LogP contribution in [0.2, 0.25) is 10.3 Å². The lowest BCUT2D eigenvalue weighted by atomic mass is 10.2. The number of oxazole rings is 1. The Morgan fingerprint density at radius 3 is 2.15 bits per heavy atom. The molecule has 0 radical (unpaired) electrons. The molecule has 14 heteroatoms. The fraction of sp³-hybridized carbons (Fsp3) is 0. The van der Waals surface area contributed by atoms with Gasteiger partial charge in [0.25, 0.3) is 5.91 Å². The number of nitrogen functional groups attached to an aromatic ring is 1. The van der Waals surface area contributed by atoms with Gasteiger partial charge in [-0.2, -0.15) is 0 Å². The summed E-state index contributed by atoms with van der Waals surface area (Å²) in [6, 6.07) is 11.0. The Bertz CT molecular complexity index is 1840. The Labute approximate surface area is 241 Å². The van der Waals surface area contributed by atoms with Gasteiger partial charge in [0.1, 0.15) is 21.5 Å². The Hall–Kier alpha value is -5.33. The summed E-state index contributed by atoms with van der Waals surface area (Å²) >= 11 is 11.3. The van der Waals surface area contributed by atoms with Gasteiger partial charge in [-0.1, -0.05) is 23.2 Å². The molecule has 41 heavy (non-hydrogen) atoms. The van der Waals surface area contributed by atoms with Crippen molar-refractivity contribution < 1.29 is 9.21 Å². The van der Waals surface area contributed by atoms with Crippen LogP contribution >= 0.6 is 23.2 Å². The predicted octanol–water partition coefficient (Wildman–Crippen LogP) is 4.57. The normalized spacial score (nSPS) is 10.1. The van der Waals surface area contributed by atoms with E-state index in [1.807, 2.05) is 6.07 Å². The predicted molar refractivity (Wildman–Crippen MR) is 156 cm³/mol. The molecule has 206 valence electrons. The van der Waals surface area contributed by atoms with Gasteiger partial charge in [-0.15, -0.1) is 0 Å². The molecule has 0 aliphatic rings. The Kier molecular flexibility index (Phi) is 9.54. The number of carbonyl (C=O) groups is 1. The van der Waals surface area contributed by atoms with Crippen LogP contribution in [0.1, 0.15) is 10.4 Å². The van der Waals surface area contributed by atoms with E-state index in [1.54, 1.807) is 36.9 Å². The van der Waals surface area contributed by atoms with Crippen LogP contribution in [-0.4, -0.2) is 35.8 Å². The smallest absolute Gasteiger partial charge is 0.257 e. The standard InChI is InChI=1S/C11H8ClN3O2.C11H6ClN3O.C5H6N2O/c12-10-2-1-7(5-14-10)11(17)15-8-6-13-4-3-9(8)16;12-10-2-1-7(5-14-10)11-15-8-6-13-4-3-9(8)16-11;6-4-3-7-2-1-5(4)8/h1-6H,(H,13,16)(H,15,17);1-6H;1-3H,6H2,(H,7,8). The summed E-state index contributed by atoms with van der Waals surface area (Å²) in [5, 5.41) is 3.23. The highest BCUT2D eigenvalue weighted by atomic mass is 35.5. The third-order valence-corrected chi connectivity index (χ3v) is 5.53. The minimum Gasteiger partial charge on any atom is -0.436 e. The average molecular weight is 591 g/mol. The number of hydrogen-bond donors (Lipinski definition) is 4. The molecule has 0 unspecified atom stereocenters. The monoisotopic (exact) mass is 590 g/mol. The van der Waals surface area contributed by atoms with E-state index in [0.29, 0.717) is 27.3 Å². The number of carbonyl (C=O) groups excluding carboxylic acids is 1. The van der Waals surface area contributed by atoms with Crippen molar-refractivity contribution >= 4 is 51.6 Å². The van der Waals surface area contributed by atoms with E-state index in [0.717, 1.165) is 11.1 Å². The lowest BCUT2D eigenvalue weighted by molar-refractivity contribution is 0.102. The molecular weight excluding hydrogens is 571 g/mol. The molecule has 1 amide bonds. The zero-order chi connectivity index (χ0) is 29.2. The van der Waals surface area contributed by atoms with Crippen molar-refractivity contribution in [3.05, 3.63) is 128 Å². The van der Waals surface area contributed by atoms with Gasteiger partial charge in [0.2, 0.25) is 16.7 Å². The van der Waals surface area contributed by atoms with Gasteiger partial charge in [-0.05, 0) is 24.3 Å². The number of aromatic nitrogens is 6. The maximum atomic E-state index is 11.7. The van der Waals surface area contributed by atoms with Crippen molar-refractivity contribution in [1.29, 1.82) is 0 Å². The number of rotatable bonds is 3. The van der Waals surface area contributed by atoms with Gasteiger partial charge in [0.05, 0.1) is 23.0 Å². The molecule has 6 aromatic rings. The number of nitrogens with one attached hydrogen (secondary N) is 3. The van der Waals surface area contributed by atoms with Crippen molar-refractivity contribution in [2.24, 2.45) is 0 Å². The summed E-state index contributed by atoms with van der Waals surface area (Å²) in [5.41, 5.74) is 7.78. The van der Waals surface area contributed by atoms with Gasteiger partial charge >= 0.3 is 0 Å². The van der Waals surface area contributed by atoms with Crippen LogP contribution in [0.4, 0.5) is 11.4 Å². The highest BCUT2D eigenvalue weighted by Gasteiger charge is 2.09. The molecule has 0 aliphatic carbocycles. The third kappa shape index (κ3) is 8.08. The molecule has 5 N–H and O–H groups in total. The van der Waals surface area contributed by atoms with Gasteiger partial charge < -0.3 is 25.4 Å². The lowest BCUT2D eigenvalue weighted by Gasteiger charge is -2.03. The second-order valence-corrected chi connectivity index (χ2v) is 8.72. The van der Waals surface area contributed by atoms with Gasteiger partial charge in [-0.3, -0.25) is 19.4 Å². The van der Waals surface area contributed by atoms with Crippen molar-refractivity contribution in [3.8, 4) is 11.5 Å². The number of pyridine rings is 5. The SMILES string of the molecule is Clc1ccc(-c2nc3cnccc3o2)cn1.Nc1c[nH]ccc1=O.O=C(Nc1c[nH]ccc1=O)c1ccc(Cl)nc1. The number of halogens is 2. The summed E-state index contributed by atoms with van der Waals surface area (Å²) in [6.45, 7) is 0. The van der Waals surface area contributed by atoms with Crippen LogP contribution in [0.3, 0.4) is 0 Å². The van der Waals surface area contributed by atoms with E-state index >= 15 is 0 Å². The first-order chi connectivity index (χ1) is 19.8. The van der Waals surface area contributed by atoms with E-state index in [2.05, 4.69) is 35.2 Å². The van der Waals surface area contributed by atoms with E-state index in [9.17, 15) is 14.4 Å². The summed E-state index contributed by atoms with van der Waals surface area (Å²) in [4.78, 5) is 55.0. The van der Waals surface area contributed by atoms with E-state index in [4.69, 9.17) is 33.4 Å². The molecule has 0 saturated heterocycles. The van der Waals surface area contributed by atoms with Crippen LogP contribution in [-0.2, 0) is 0 Å². The number of fused-ring (bicyclic) bond motifs is 1. The summed E-state index contributed by atoms with van der Waals surface area (Å²) in [5.74, 6) is 0.109. The number of nitrogens with two attached hydrogens (primary N) is 1. The molecule has 0 aromatic carbocycles. The maximum Gasteiger partial charge on any atom is 0.257 e. The van der Waals surface area contributed by atoms with Gasteiger partial charge in [-0.25, -0.2) is 15.0 Å². The lowest BCUT2D eigenvalue weighted by Crippen LogP contribution is -2.18. The van der Waals surface area contributed by atoms with E-state index in [-0.39, 0.29) is 22.2 Å². The Morgan fingerprint density at radius 1 is 0.854 bits per heavy atom. The Morgan fingerprint density at radius 2 is 1.56 bits per heavy atom. The van der Waals surface area contributed by atoms with Crippen LogP contribution < -0.4 is 21.9 Å². The quantitative estimate of drug-likeness (QED) is 0.214. The maximum absolute atomic E-state index is 11.7. The van der Waals surface area contributed by atoms with Crippen molar-refractivity contribution in [2.75, 3.05) is 11.1 Å². The number of hydrogen-bond acceptors (Lipinski definition) is 9. The molecule has 0 fully saturated rings. The minimum absolute atomic E-state index is 0.135.